The summed E-state index contributed by atoms with van der Waals surface area (Å²) in [6, 6.07) is 64.8. The highest BCUT2D eigenvalue weighted by Gasteiger charge is 2.24. The average molecular weight is 627 g/mol. The minimum absolute atomic E-state index is 0.864. The lowest BCUT2D eigenvalue weighted by molar-refractivity contribution is 0.669. The molecule has 0 amide bonds. The number of hydrogen-bond donors (Lipinski definition) is 0. The third-order valence-electron chi connectivity index (χ3n) is 9.75. The number of hydrogen-bond acceptors (Lipinski definition) is 2. The second-order valence-electron chi connectivity index (χ2n) is 12.5. The molecule has 0 aliphatic carbocycles. The van der Waals surface area contributed by atoms with Crippen molar-refractivity contribution in [3.63, 3.8) is 0 Å². The van der Waals surface area contributed by atoms with Crippen LogP contribution in [0.4, 0.5) is 17.1 Å². The first-order chi connectivity index (χ1) is 24.3. The summed E-state index contributed by atoms with van der Waals surface area (Å²) in [5.41, 5.74) is 10.7. The molecule has 0 aliphatic heterocycles. The van der Waals surface area contributed by atoms with Gasteiger partial charge >= 0.3 is 0 Å². The Morgan fingerprint density at radius 2 is 1.08 bits per heavy atom. The van der Waals surface area contributed by atoms with Crippen LogP contribution < -0.4 is 4.90 Å². The van der Waals surface area contributed by atoms with Crippen LogP contribution in [0.2, 0.25) is 0 Å². The van der Waals surface area contributed by atoms with E-state index in [9.17, 15) is 0 Å². The molecule has 8 aromatic carbocycles. The van der Waals surface area contributed by atoms with Crippen LogP contribution in [0.3, 0.4) is 0 Å². The quantitative estimate of drug-likeness (QED) is 0.190. The molecular weight excluding hydrogens is 597 g/mol. The molecule has 2 aromatic heterocycles. The summed E-state index contributed by atoms with van der Waals surface area (Å²) in [5, 5.41) is 7.03. The molecule has 10 aromatic rings. The highest BCUT2D eigenvalue weighted by molar-refractivity contribution is 6.22. The van der Waals surface area contributed by atoms with Gasteiger partial charge in [-0.3, -0.25) is 0 Å². The number of aromatic nitrogens is 1. The number of benzene rings is 8. The van der Waals surface area contributed by atoms with Crippen LogP contribution in [0, 0.1) is 0 Å². The van der Waals surface area contributed by atoms with Gasteiger partial charge in [0, 0.05) is 32.9 Å². The maximum atomic E-state index is 6.86. The van der Waals surface area contributed by atoms with E-state index < -0.39 is 0 Å². The zero-order valence-corrected chi connectivity index (χ0v) is 26.6. The minimum atomic E-state index is 0.864. The fourth-order valence-electron chi connectivity index (χ4n) is 7.63. The van der Waals surface area contributed by atoms with Gasteiger partial charge in [-0.1, -0.05) is 127 Å². The van der Waals surface area contributed by atoms with Crippen LogP contribution in [0.25, 0.3) is 71.3 Å². The van der Waals surface area contributed by atoms with E-state index in [1.165, 1.54) is 32.6 Å². The molecule has 10 rings (SSSR count). The zero-order chi connectivity index (χ0) is 32.3. The average Bonchev–Trinajstić information content (AvgIpc) is 3.73. The molecular formula is C46H30N2O. The molecule has 3 nitrogen and oxygen atoms in total. The molecule has 0 fully saturated rings. The molecule has 0 bridgehead atoms. The van der Waals surface area contributed by atoms with Crippen LogP contribution in [0.1, 0.15) is 0 Å². The van der Waals surface area contributed by atoms with Gasteiger partial charge < -0.3 is 13.9 Å². The van der Waals surface area contributed by atoms with Gasteiger partial charge in [0.2, 0.25) is 0 Å². The summed E-state index contributed by atoms with van der Waals surface area (Å²) in [7, 11) is 0. The molecule has 0 saturated carbocycles. The topological polar surface area (TPSA) is 21.3 Å². The Kier molecular flexibility index (Phi) is 6.18. The predicted octanol–water partition coefficient (Wildman–Crippen LogP) is 13.0. The van der Waals surface area contributed by atoms with Crippen molar-refractivity contribution in [1.29, 1.82) is 0 Å². The van der Waals surface area contributed by atoms with Crippen molar-refractivity contribution in [1.82, 2.24) is 4.57 Å². The molecule has 0 aliphatic rings. The van der Waals surface area contributed by atoms with Gasteiger partial charge in [-0.25, -0.2) is 0 Å². The first kappa shape index (κ1) is 27.5. The number of furan rings is 1. The summed E-state index contributed by atoms with van der Waals surface area (Å²) in [6.07, 6.45) is 0. The van der Waals surface area contributed by atoms with Crippen LogP contribution in [-0.2, 0) is 0 Å². The Labute approximate surface area is 283 Å². The Morgan fingerprint density at radius 3 is 1.96 bits per heavy atom. The first-order valence-electron chi connectivity index (χ1n) is 16.7. The van der Waals surface area contributed by atoms with E-state index >= 15 is 0 Å². The molecule has 0 saturated heterocycles. The number of para-hydroxylation sites is 3. The molecule has 0 atom stereocenters. The summed E-state index contributed by atoms with van der Waals surface area (Å²) < 4.78 is 9.23. The smallest absolute Gasteiger partial charge is 0.159 e. The molecule has 230 valence electrons. The second-order valence-corrected chi connectivity index (χ2v) is 12.5. The van der Waals surface area contributed by atoms with E-state index in [1.54, 1.807) is 0 Å². The molecule has 0 unspecified atom stereocenters. The normalized spacial score (nSPS) is 11.7. The molecule has 2 heterocycles. The van der Waals surface area contributed by atoms with Gasteiger partial charge in [0.15, 0.2) is 5.58 Å². The first-order valence-corrected chi connectivity index (χ1v) is 16.7. The molecule has 0 radical (unpaired) electrons. The predicted molar refractivity (Wildman–Crippen MR) is 206 cm³/mol. The van der Waals surface area contributed by atoms with Crippen LogP contribution in [-0.4, -0.2) is 4.57 Å². The fraction of sp³-hybridized carbons (Fsp3) is 0. The Morgan fingerprint density at radius 1 is 0.429 bits per heavy atom. The Bertz CT molecular complexity index is 2830. The van der Waals surface area contributed by atoms with Gasteiger partial charge in [-0.2, -0.15) is 0 Å². The van der Waals surface area contributed by atoms with Crippen LogP contribution in [0.15, 0.2) is 186 Å². The van der Waals surface area contributed by atoms with Crippen molar-refractivity contribution < 1.29 is 4.42 Å². The third kappa shape index (κ3) is 4.29. The maximum absolute atomic E-state index is 6.86. The van der Waals surface area contributed by atoms with Crippen molar-refractivity contribution in [2.24, 2.45) is 0 Å². The van der Waals surface area contributed by atoms with Crippen molar-refractivity contribution in [3.8, 4) is 16.8 Å². The van der Waals surface area contributed by atoms with Gasteiger partial charge in [0.1, 0.15) is 5.58 Å². The van der Waals surface area contributed by atoms with E-state index in [4.69, 9.17) is 4.42 Å². The molecule has 49 heavy (non-hydrogen) atoms. The SMILES string of the molecule is c1ccc(-c2cccc(N(c3cccc4c3oc3ccc5ccccc5c34)c3cccc4c3c3ccccc3n4-c3ccccc3)c2)cc1. The highest BCUT2D eigenvalue weighted by Crippen LogP contribution is 2.48. The largest absolute Gasteiger partial charge is 0.454 e. The summed E-state index contributed by atoms with van der Waals surface area (Å²) in [5.74, 6) is 0. The standard InChI is InChI=1S/C46H30N2O/c1-3-14-31(15-4-1)33-17-11-20-35(30-33)48(42-27-12-23-38-44-36-21-8-7-16-32(36)28-29-43(44)49-46(38)42)41-26-13-25-40-45(41)37-22-9-10-24-39(37)47(40)34-18-5-2-6-19-34/h1-30H. The second kappa shape index (κ2) is 11.0. The van der Waals surface area contributed by atoms with Crippen molar-refractivity contribution >= 4 is 71.6 Å². The number of fused-ring (bicyclic) bond motifs is 8. The number of anilines is 3. The van der Waals surface area contributed by atoms with Crippen molar-refractivity contribution in [2.45, 2.75) is 0 Å². The molecule has 0 spiro atoms. The Hall–Kier alpha value is -6.58. The minimum Gasteiger partial charge on any atom is -0.454 e. The lowest BCUT2D eigenvalue weighted by Gasteiger charge is -2.27. The summed E-state index contributed by atoms with van der Waals surface area (Å²) in [6.45, 7) is 0. The van der Waals surface area contributed by atoms with Crippen LogP contribution >= 0.6 is 0 Å². The van der Waals surface area contributed by atoms with E-state index in [-0.39, 0.29) is 0 Å². The van der Waals surface area contributed by atoms with Crippen molar-refractivity contribution in [3.05, 3.63) is 182 Å². The van der Waals surface area contributed by atoms with Gasteiger partial charge in [0.25, 0.3) is 0 Å². The summed E-state index contributed by atoms with van der Waals surface area (Å²) >= 11 is 0. The fourth-order valence-corrected chi connectivity index (χ4v) is 7.63. The molecule has 0 N–H and O–H groups in total. The van der Waals surface area contributed by atoms with E-state index in [2.05, 4.69) is 191 Å². The van der Waals surface area contributed by atoms with E-state index in [0.29, 0.717) is 0 Å². The Balaban J connectivity index is 1.31. The zero-order valence-electron chi connectivity index (χ0n) is 26.6. The van der Waals surface area contributed by atoms with Gasteiger partial charge in [-0.05, 0) is 76.5 Å². The van der Waals surface area contributed by atoms with Gasteiger partial charge in [-0.15, -0.1) is 0 Å². The lowest BCUT2D eigenvalue weighted by atomic mass is 10.0. The third-order valence-corrected chi connectivity index (χ3v) is 9.75. The number of nitrogens with zero attached hydrogens (tertiary/aromatic N) is 2. The lowest BCUT2D eigenvalue weighted by Crippen LogP contribution is -2.11. The number of rotatable bonds is 5. The van der Waals surface area contributed by atoms with E-state index in [0.717, 1.165) is 55.8 Å². The highest BCUT2D eigenvalue weighted by atomic mass is 16.3. The van der Waals surface area contributed by atoms with Crippen molar-refractivity contribution in [2.75, 3.05) is 4.90 Å². The molecule has 3 heteroatoms. The summed E-state index contributed by atoms with van der Waals surface area (Å²) in [4.78, 5) is 2.39. The van der Waals surface area contributed by atoms with Crippen LogP contribution in [0.5, 0.6) is 0 Å². The maximum Gasteiger partial charge on any atom is 0.159 e. The van der Waals surface area contributed by atoms with E-state index in [1.807, 2.05) is 0 Å². The van der Waals surface area contributed by atoms with Gasteiger partial charge in [0.05, 0.1) is 22.4 Å². The monoisotopic (exact) mass is 626 g/mol.